The number of carbonyl (C=O) groups is 6. The van der Waals surface area contributed by atoms with Gasteiger partial charge in [-0.2, -0.15) is 0 Å². The summed E-state index contributed by atoms with van der Waals surface area (Å²) in [7, 11) is 0. The van der Waals surface area contributed by atoms with Crippen LogP contribution < -0.4 is 10.6 Å². The second-order valence-electron chi connectivity index (χ2n) is 12.1. The summed E-state index contributed by atoms with van der Waals surface area (Å²) in [6, 6.07) is 11.5. The average Bonchev–Trinajstić information content (AvgIpc) is 3.50. The van der Waals surface area contributed by atoms with Gasteiger partial charge in [-0.15, -0.1) is 0 Å². The van der Waals surface area contributed by atoms with E-state index in [-0.39, 0.29) is 27.7 Å². The highest BCUT2D eigenvalue weighted by Crippen LogP contribution is 2.28. The standard InChI is InChI=1S/C33H36Cl2N4O8/c1-33(2,3)47-30(43)24(17-21(40)19-46-31(44)28-22(34)11-7-12-23(28)35)37-32(45)39-18-25(29(42)38-16-8-13-27(38)39)36-26(41)15-14-20-9-5-4-6-10-20/h4-7,9-12,18,24,27H,8,13-17,19H2,1-3H3,(H,36,41)(H,37,45). The number of halogens is 2. The minimum atomic E-state index is -1.47. The first-order valence-corrected chi connectivity index (χ1v) is 15.8. The zero-order chi connectivity index (χ0) is 34.3. The highest BCUT2D eigenvalue weighted by Gasteiger charge is 2.42. The Labute approximate surface area is 282 Å². The number of fused-ring (bicyclic) bond motifs is 1. The van der Waals surface area contributed by atoms with Gasteiger partial charge in [0, 0.05) is 25.6 Å². The maximum Gasteiger partial charge on any atom is 0.341 e. The lowest BCUT2D eigenvalue weighted by Crippen LogP contribution is -2.58. The molecule has 2 aliphatic heterocycles. The number of hydrogen-bond acceptors (Lipinski definition) is 8. The molecule has 0 aliphatic carbocycles. The van der Waals surface area contributed by atoms with Crippen LogP contribution in [0.2, 0.25) is 10.0 Å². The number of hydrogen-bond donors (Lipinski definition) is 2. The lowest BCUT2D eigenvalue weighted by molar-refractivity contribution is -0.158. The van der Waals surface area contributed by atoms with E-state index >= 15 is 0 Å². The number of Topliss-reactive ketones (excluding diaryl/α,β-unsaturated/α-hetero) is 1. The number of carbonyl (C=O) groups excluding carboxylic acids is 6. The van der Waals surface area contributed by atoms with Crippen LogP contribution in [0.3, 0.4) is 0 Å². The summed E-state index contributed by atoms with van der Waals surface area (Å²) < 4.78 is 10.5. The van der Waals surface area contributed by atoms with Gasteiger partial charge >= 0.3 is 18.0 Å². The van der Waals surface area contributed by atoms with Crippen LogP contribution in [0.25, 0.3) is 0 Å². The predicted octanol–water partition coefficient (Wildman–Crippen LogP) is 4.38. The highest BCUT2D eigenvalue weighted by atomic mass is 35.5. The second kappa shape index (κ2) is 15.4. The third-order valence-corrected chi connectivity index (χ3v) is 7.88. The summed E-state index contributed by atoms with van der Waals surface area (Å²) in [5.74, 6) is -3.36. The van der Waals surface area contributed by atoms with E-state index in [2.05, 4.69) is 10.6 Å². The van der Waals surface area contributed by atoms with Gasteiger partial charge in [0.2, 0.25) is 5.91 Å². The molecule has 0 saturated carbocycles. The Kier molecular flexibility index (Phi) is 11.6. The molecular formula is C33H36Cl2N4O8. The van der Waals surface area contributed by atoms with Gasteiger partial charge in [-0.3, -0.25) is 19.3 Å². The molecule has 1 fully saturated rings. The van der Waals surface area contributed by atoms with Crippen molar-refractivity contribution >= 4 is 58.8 Å². The van der Waals surface area contributed by atoms with E-state index in [0.717, 1.165) is 5.56 Å². The fourth-order valence-corrected chi connectivity index (χ4v) is 5.64. The molecule has 2 heterocycles. The molecule has 2 aromatic rings. The van der Waals surface area contributed by atoms with Crippen LogP contribution in [0, 0.1) is 0 Å². The van der Waals surface area contributed by atoms with Crippen LogP contribution in [0.5, 0.6) is 0 Å². The Hall–Kier alpha value is -4.42. The number of ether oxygens (including phenoxy) is 2. The van der Waals surface area contributed by atoms with E-state index in [1.54, 1.807) is 26.8 Å². The molecule has 0 spiro atoms. The highest BCUT2D eigenvalue weighted by molar-refractivity contribution is 6.39. The smallest absolute Gasteiger partial charge is 0.341 e. The first kappa shape index (κ1) is 35.4. The molecule has 47 heavy (non-hydrogen) atoms. The number of ketones is 1. The van der Waals surface area contributed by atoms with Gasteiger partial charge in [0.25, 0.3) is 5.91 Å². The Bertz CT molecular complexity index is 1550. The molecule has 2 N–H and O–H groups in total. The largest absolute Gasteiger partial charge is 0.458 e. The van der Waals surface area contributed by atoms with Gasteiger partial charge in [-0.1, -0.05) is 59.6 Å². The molecule has 0 radical (unpaired) electrons. The van der Waals surface area contributed by atoms with Crippen molar-refractivity contribution in [2.24, 2.45) is 0 Å². The van der Waals surface area contributed by atoms with Gasteiger partial charge in [0.05, 0.1) is 15.6 Å². The van der Waals surface area contributed by atoms with E-state index in [9.17, 15) is 28.8 Å². The third kappa shape index (κ3) is 9.55. The van der Waals surface area contributed by atoms with Crippen LogP contribution in [0.15, 0.2) is 60.4 Å². The Balaban J connectivity index is 1.47. The summed E-state index contributed by atoms with van der Waals surface area (Å²) in [5.41, 5.74) is -0.201. The first-order chi connectivity index (χ1) is 22.2. The van der Waals surface area contributed by atoms with Crippen molar-refractivity contribution in [3.63, 3.8) is 0 Å². The van der Waals surface area contributed by atoms with Crippen LogP contribution in [0.4, 0.5) is 4.79 Å². The number of nitrogens with one attached hydrogen (secondary N) is 2. The van der Waals surface area contributed by atoms with Gasteiger partial charge < -0.3 is 25.0 Å². The van der Waals surface area contributed by atoms with Crippen molar-refractivity contribution in [1.82, 2.24) is 20.4 Å². The topological polar surface area (TPSA) is 151 Å². The van der Waals surface area contributed by atoms with Gasteiger partial charge in [0.15, 0.2) is 5.78 Å². The SMILES string of the molecule is CC(C)(C)OC(=O)C(CC(=O)COC(=O)c1c(Cl)cccc1Cl)NC(=O)N1C=C(NC(=O)CCc2ccccc2)C(=O)N2CCCC12. The molecule has 0 bridgehead atoms. The molecule has 2 unspecified atom stereocenters. The molecule has 14 heteroatoms. The lowest BCUT2D eigenvalue weighted by atomic mass is 10.1. The molecule has 4 amide bonds. The minimum absolute atomic E-state index is 0.0367. The zero-order valence-electron chi connectivity index (χ0n) is 26.2. The fraction of sp³-hybridized carbons (Fsp3) is 0.394. The van der Waals surface area contributed by atoms with E-state index in [4.69, 9.17) is 32.7 Å². The number of benzene rings is 2. The van der Waals surface area contributed by atoms with Crippen molar-refractivity contribution < 1.29 is 38.2 Å². The lowest BCUT2D eigenvalue weighted by Gasteiger charge is -2.38. The quantitative estimate of drug-likeness (QED) is 0.331. The molecule has 1 saturated heterocycles. The van der Waals surface area contributed by atoms with Crippen LogP contribution in [-0.4, -0.2) is 76.3 Å². The Morgan fingerprint density at radius 3 is 2.34 bits per heavy atom. The van der Waals surface area contributed by atoms with Crippen molar-refractivity contribution in [1.29, 1.82) is 0 Å². The summed E-state index contributed by atoms with van der Waals surface area (Å²) in [5, 5.41) is 5.23. The molecule has 2 aliphatic rings. The van der Waals surface area contributed by atoms with E-state index in [1.807, 2.05) is 30.3 Å². The monoisotopic (exact) mass is 686 g/mol. The molecule has 12 nitrogen and oxygen atoms in total. The van der Waals surface area contributed by atoms with Gasteiger partial charge in [-0.05, 0) is 57.7 Å². The Morgan fingerprint density at radius 1 is 1.00 bits per heavy atom. The van der Waals surface area contributed by atoms with E-state index < -0.39 is 66.4 Å². The zero-order valence-corrected chi connectivity index (χ0v) is 27.7. The normalized spacial score (nSPS) is 16.5. The fourth-order valence-electron chi connectivity index (χ4n) is 5.09. The summed E-state index contributed by atoms with van der Waals surface area (Å²) in [6.45, 7) is 4.51. The molecule has 4 rings (SSSR count). The summed E-state index contributed by atoms with van der Waals surface area (Å²) in [6.07, 6.45) is 1.65. The molecular weight excluding hydrogens is 651 g/mol. The first-order valence-electron chi connectivity index (χ1n) is 15.0. The van der Waals surface area contributed by atoms with Crippen molar-refractivity contribution in [2.45, 2.75) is 70.7 Å². The maximum absolute atomic E-state index is 13.7. The summed E-state index contributed by atoms with van der Waals surface area (Å²) >= 11 is 12.1. The van der Waals surface area contributed by atoms with Crippen molar-refractivity contribution in [2.75, 3.05) is 13.2 Å². The number of aryl methyl sites for hydroxylation is 1. The molecule has 2 aromatic carbocycles. The van der Waals surface area contributed by atoms with Crippen LogP contribution >= 0.6 is 23.2 Å². The number of rotatable bonds is 11. The van der Waals surface area contributed by atoms with Crippen LogP contribution in [-0.2, 0) is 35.1 Å². The maximum atomic E-state index is 13.7. The minimum Gasteiger partial charge on any atom is -0.458 e. The van der Waals surface area contributed by atoms with Crippen LogP contribution in [0.1, 0.15) is 62.4 Å². The predicted molar refractivity (Wildman–Crippen MR) is 172 cm³/mol. The number of esters is 2. The Morgan fingerprint density at radius 2 is 1.68 bits per heavy atom. The van der Waals surface area contributed by atoms with E-state index in [1.165, 1.54) is 28.1 Å². The molecule has 250 valence electrons. The van der Waals surface area contributed by atoms with Crippen molar-refractivity contribution in [3.05, 3.63) is 81.6 Å². The van der Waals surface area contributed by atoms with Gasteiger partial charge in [0.1, 0.15) is 30.1 Å². The second-order valence-corrected chi connectivity index (χ2v) is 12.9. The molecule has 2 atom stereocenters. The van der Waals surface area contributed by atoms with Gasteiger partial charge in [-0.25, -0.2) is 14.4 Å². The number of amides is 4. The number of urea groups is 1. The van der Waals surface area contributed by atoms with E-state index in [0.29, 0.717) is 25.8 Å². The third-order valence-electron chi connectivity index (χ3n) is 7.25. The molecule has 0 aromatic heterocycles. The summed E-state index contributed by atoms with van der Waals surface area (Å²) in [4.78, 5) is 81.0. The number of nitrogens with zero attached hydrogens (tertiary/aromatic N) is 2. The van der Waals surface area contributed by atoms with Crippen molar-refractivity contribution in [3.8, 4) is 0 Å². The average molecular weight is 688 g/mol.